The number of hydrogen-bond donors (Lipinski definition) is 2. The van der Waals surface area contributed by atoms with Crippen LogP contribution in [0.3, 0.4) is 0 Å². The quantitative estimate of drug-likeness (QED) is 0.443. The highest BCUT2D eigenvalue weighted by molar-refractivity contribution is 5.75. The Balaban J connectivity index is 0.00000210. The van der Waals surface area contributed by atoms with Crippen LogP contribution in [0.25, 0.3) is 11.1 Å². The van der Waals surface area contributed by atoms with Gasteiger partial charge in [0.1, 0.15) is 17.6 Å². The molecule has 2 aromatic rings. The minimum atomic E-state index is 0. The van der Waals surface area contributed by atoms with Crippen molar-refractivity contribution in [1.82, 2.24) is 4.90 Å². The van der Waals surface area contributed by atoms with Gasteiger partial charge in [0, 0.05) is 30.3 Å². The summed E-state index contributed by atoms with van der Waals surface area (Å²) in [6.45, 7) is 3.40. The van der Waals surface area contributed by atoms with Crippen LogP contribution in [-0.2, 0) is 0 Å². The number of phenolic OH excluding ortho intramolecular Hbond substituents is 1. The molecule has 4 rings (SSSR count). The number of hydrogen-bond acceptors (Lipinski definition) is 2. The number of fused-ring (bicyclic) bond motifs is 1. The molecule has 2 aromatic carbocycles. The molecule has 0 aliphatic carbocycles. The lowest BCUT2D eigenvalue weighted by molar-refractivity contribution is -0.491. The average molecular weight is 383 g/mol. The largest absolute Gasteiger partial charge is 1.00 e. The van der Waals surface area contributed by atoms with E-state index in [9.17, 15) is 5.11 Å². The summed E-state index contributed by atoms with van der Waals surface area (Å²) in [6.07, 6.45) is 9.26. The predicted molar refractivity (Wildman–Crippen MR) is 107 cm³/mol. The van der Waals surface area contributed by atoms with Gasteiger partial charge in [-0.3, -0.25) is 10.2 Å². The molecule has 0 aromatic heterocycles. The molecule has 0 atom stereocenters. The number of phenols is 1. The van der Waals surface area contributed by atoms with Crippen LogP contribution in [0.1, 0.15) is 36.8 Å². The van der Waals surface area contributed by atoms with E-state index in [2.05, 4.69) is 52.8 Å². The second-order valence-electron chi connectivity index (χ2n) is 7.23. The number of halogens is 1. The Morgan fingerprint density at radius 2 is 1.89 bits per heavy atom. The minimum Gasteiger partial charge on any atom is -1.00 e. The van der Waals surface area contributed by atoms with E-state index in [1.165, 1.54) is 47.3 Å². The Morgan fingerprint density at radius 1 is 1.04 bits per heavy atom. The van der Waals surface area contributed by atoms with Crippen molar-refractivity contribution in [3.63, 3.8) is 0 Å². The van der Waals surface area contributed by atoms with Gasteiger partial charge < -0.3 is 17.5 Å². The van der Waals surface area contributed by atoms with Gasteiger partial charge in [-0.1, -0.05) is 36.4 Å². The monoisotopic (exact) mass is 382 g/mol. The highest BCUT2D eigenvalue weighted by atomic mass is 35.5. The maximum Gasteiger partial charge on any atom is 0.142 e. The van der Waals surface area contributed by atoms with Crippen LogP contribution in [0.4, 0.5) is 5.69 Å². The maximum absolute atomic E-state index is 9.71. The van der Waals surface area contributed by atoms with Crippen LogP contribution >= 0.6 is 0 Å². The Kier molecular flexibility index (Phi) is 6.73. The lowest BCUT2D eigenvalue weighted by Crippen LogP contribution is -3.00. The van der Waals surface area contributed by atoms with Gasteiger partial charge in [-0.15, -0.1) is 0 Å². The third-order valence-electron chi connectivity index (χ3n) is 5.46. The molecule has 142 valence electrons. The van der Waals surface area contributed by atoms with E-state index < -0.39 is 0 Å². The Hall–Kier alpha value is -2.07. The van der Waals surface area contributed by atoms with Gasteiger partial charge in [-0.05, 0) is 55.5 Å². The van der Waals surface area contributed by atoms with Gasteiger partial charge in [-0.2, -0.15) is 0 Å². The molecular formula is C23H27ClN2O. The van der Waals surface area contributed by atoms with Gasteiger partial charge in [-0.25, -0.2) is 0 Å². The van der Waals surface area contributed by atoms with Crippen molar-refractivity contribution in [2.45, 2.75) is 25.7 Å². The summed E-state index contributed by atoms with van der Waals surface area (Å²) >= 11 is 0. The molecule has 0 bridgehead atoms. The van der Waals surface area contributed by atoms with Crippen molar-refractivity contribution in [3.05, 3.63) is 71.9 Å². The summed E-state index contributed by atoms with van der Waals surface area (Å²) in [5.41, 5.74) is 6.66. The fraction of sp³-hybridized carbons (Fsp3) is 0.304. The fourth-order valence-corrected chi connectivity index (χ4v) is 3.95. The average Bonchev–Trinajstić information content (AvgIpc) is 3.08. The van der Waals surface area contributed by atoms with E-state index >= 15 is 0 Å². The van der Waals surface area contributed by atoms with Crippen molar-refractivity contribution in [2.24, 2.45) is 0 Å². The summed E-state index contributed by atoms with van der Waals surface area (Å²) in [4.78, 5) is 2.56. The zero-order valence-corrected chi connectivity index (χ0v) is 16.3. The third-order valence-corrected chi connectivity index (χ3v) is 5.46. The number of quaternary nitrogens is 1. The van der Waals surface area contributed by atoms with Crippen molar-refractivity contribution in [2.75, 3.05) is 19.6 Å². The standard InChI is InChI=1S/C23H26N2O.ClH/c26-21-9-10-23-22(16-21)20(17-24-23)8-4-5-13-25-14-11-19(12-15-25)18-6-2-1-3-7-18;/h1-3,6-7,9-11,16-17,24,26H,4-5,8,12-15H2;1H. The summed E-state index contributed by atoms with van der Waals surface area (Å²) < 4.78 is 0. The number of allylic oxidation sites excluding steroid dienone is 1. The number of unbranched alkanes of at least 4 members (excludes halogenated alkanes) is 1. The molecule has 0 amide bonds. The normalized spacial score (nSPS) is 16.3. The lowest BCUT2D eigenvalue weighted by Gasteiger charge is -2.26. The molecule has 0 saturated heterocycles. The van der Waals surface area contributed by atoms with Crippen molar-refractivity contribution in [3.8, 4) is 5.75 Å². The number of aromatic hydroxyl groups is 1. The molecular weight excluding hydrogens is 356 g/mol. The van der Waals surface area contributed by atoms with Crippen LogP contribution in [0.5, 0.6) is 5.75 Å². The smallest absolute Gasteiger partial charge is 0.142 e. The number of rotatable bonds is 6. The number of nitrogens with zero attached hydrogens (tertiary/aromatic N) is 1. The van der Waals surface area contributed by atoms with Crippen LogP contribution in [0, 0.1) is 0 Å². The first-order valence-corrected chi connectivity index (χ1v) is 9.64. The zero-order valence-electron chi connectivity index (χ0n) is 15.6. The first kappa shape index (κ1) is 19.7. The maximum atomic E-state index is 9.71. The predicted octanol–water partition coefficient (Wildman–Crippen LogP) is 0.905. The Morgan fingerprint density at radius 3 is 2.67 bits per heavy atom. The van der Waals surface area contributed by atoms with Crippen molar-refractivity contribution >= 4 is 16.8 Å². The van der Waals surface area contributed by atoms with E-state index in [1.54, 1.807) is 6.07 Å². The van der Waals surface area contributed by atoms with Gasteiger partial charge in [0.25, 0.3) is 0 Å². The van der Waals surface area contributed by atoms with E-state index in [-0.39, 0.29) is 12.4 Å². The topological polar surface area (TPSA) is 40.1 Å². The van der Waals surface area contributed by atoms with E-state index in [4.69, 9.17) is 0 Å². The number of nitrogens with two attached hydrogens (primary N) is 1. The zero-order chi connectivity index (χ0) is 17.8. The van der Waals surface area contributed by atoms with Crippen LogP contribution in [0.2, 0.25) is 0 Å². The first-order chi connectivity index (χ1) is 12.8. The minimum absolute atomic E-state index is 0. The highest BCUT2D eigenvalue weighted by Gasteiger charge is 2.19. The van der Waals surface area contributed by atoms with Crippen molar-refractivity contribution < 1.29 is 22.8 Å². The molecule has 4 heteroatoms. The third kappa shape index (κ3) is 4.81. The summed E-state index contributed by atoms with van der Waals surface area (Å²) in [6, 6.07) is 16.4. The molecule has 0 saturated carbocycles. The Bertz CT molecular complexity index is 830. The van der Waals surface area contributed by atoms with Crippen molar-refractivity contribution in [1.29, 1.82) is 0 Å². The second-order valence-corrected chi connectivity index (χ2v) is 7.23. The molecule has 27 heavy (non-hydrogen) atoms. The van der Waals surface area contributed by atoms with E-state index in [0.29, 0.717) is 5.75 Å². The van der Waals surface area contributed by atoms with E-state index in [1.807, 2.05) is 12.1 Å². The molecule has 2 aliphatic rings. The second kappa shape index (κ2) is 9.23. The lowest BCUT2D eigenvalue weighted by atomic mass is 9.99. The van der Waals surface area contributed by atoms with Crippen LogP contribution in [0.15, 0.2) is 60.8 Å². The summed E-state index contributed by atoms with van der Waals surface area (Å²) in [7, 11) is 0. The molecule has 3 nitrogen and oxygen atoms in total. The van der Waals surface area contributed by atoms with Gasteiger partial charge in [0.05, 0.1) is 0 Å². The van der Waals surface area contributed by atoms with E-state index in [0.717, 1.165) is 25.9 Å². The van der Waals surface area contributed by atoms with Gasteiger partial charge in [0.2, 0.25) is 0 Å². The molecule has 3 N–H and O–H groups in total. The molecule has 0 radical (unpaired) electrons. The highest BCUT2D eigenvalue weighted by Crippen LogP contribution is 2.31. The molecule has 2 heterocycles. The molecule has 0 unspecified atom stereocenters. The van der Waals surface area contributed by atoms with Gasteiger partial charge in [0.15, 0.2) is 0 Å². The summed E-state index contributed by atoms with van der Waals surface area (Å²) in [5.74, 6) is 0.360. The number of benzene rings is 2. The molecule has 0 fully saturated rings. The van der Waals surface area contributed by atoms with Gasteiger partial charge >= 0.3 is 0 Å². The summed E-state index contributed by atoms with van der Waals surface area (Å²) in [5, 5.41) is 11.9. The molecule has 2 aliphatic heterocycles. The fourth-order valence-electron chi connectivity index (χ4n) is 3.95. The van der Waals surface area contributed by atoms with Crippen LogP contribution < -0.4 is 17.7 Å². The SMILES string of the molecule is Oc1ccc2c(c1)C(CCCCN1CC=C(c3ccccc3)CC1)=C[NH2+]2.[Cl-]. The molecule has 0 spiro atoms. The first-order valence-electron chi connectivity index (χ1n) is 9.64. The Labute approximate surface area is 167 Å². The van der Waals surface area contributed by atoms with Crippen LogP contribution in [-0.4, -0.2) is 29.6 Å².